The zero-order chi connectivity index (χ0) is 23.5. The number of amides is 2. The first kappa shape index (κ1) is 21.9. The molecule has 4 fully saturated rings. The molecule has 1 aromatic heterocycles. The molecule has 4 aliphatic rings. The van der Waals surface area contributed by atoms with E-state index < -0.39 is 17.3 Å². The number of nitrogens with two attached hydrogens (primary N) is 1. The van der Waals surface area contributed by atoms with E-state index in [1.807, 2.05) is 0 Å². The number of carbonyl (C=O) groups excluding carboxylic acids is 2. The number of nitrogens with one attached hydrogen (secondary N) is 1. The van der Waals surface area contributed by atoms with Crippen molar-refractivity contribution < 1.29 is 9.59 Å². The Morgan fingerprint density at radius 1 is 1.15 bits per heavy atom. The van der Waals surface area contributed by atoms with Gasteiger partial charge in [0.1, 0.15) is 5.69 Å². The summed E-state index contributed by atoms with van der Waals surface area (Å²) < 4.78 is 1.18. The van der Waals surface area contributed by atoms with Gasteiger partial charge in [-0.2, -0.15) is 14.3 Å². The molecule has 33 heavy (non-hydrogen) atoms. The first-order chi connectivity index (χ1) is 15.7. The molecule has 4 bridgehead atoms. The summed E-state index contributed by atoms with van der Waals surface area (Å²) in [4.78, 5) is 49.5. The summed E-state index contributed by atoms with van der Waals surface area (Å²) in [5, 5.41) is 7.29. The Labute approximate surface area is 194 Å². The highest BCUT2D eigenvalue weighted by molar-refractivity contribution is 6.33. The lowest BCUT2D eigenvalue weighted by molar-refractivity contribution is -0.0503. The number of rotatable bonds is 4. The molecule has 0 aliphatic heterocycles. The second-order valence-electron chi connectivity index (χ2n) is 10.0. The van der Waals surface area contributed by atoms with Crippen molar-refractivity contribution >= 4 is 23.5 Å². The van der Waals surface area contributed by atoms with Crippen LogP contribution in [0.3, 0.4) is 0 Å². The van der Waals surface area contributed by atoms with Crippen LogP contribution in [0.2, 0.25) is 5.02 Å². The third-order valence-electron chi connectivity index (χ3n) is 7.58. The average Bonchev–Trinajstić information content (AvgIpc) is 2.74. The average molecular weight is 472 g/mol. The van der Waals surface area contributed by atoms with Crippen molar-refractivity contribution in [3.05, 3.63) is 55.3 Å². The van der Waals surface area contributed by atoms with Crippen LogP contribution in [-0.4, -0.2) is 32.8 Å². The lowest BCUT2D eigenvalue weighted by atomic mass is 9.49. The monoisotopic (exact) mass is 471 g/mol. The fourth-order valence-electron chi connectivity index (χ4n) is 6.63. The van der Waals surface area contributed by atoms with Crippen LogP contribution in [0.5, 0.6) is 0 Å². The van der Waals surface area contributed by atoms with E-state index in [1.165, 1.54) is 63.6 Å². The van der Waals surface area contributed by atoms with Crippen molar-refractivity contribution in [3.63, 3.8) is 0 Å². The smallest absolute Gasteiger partial charge is 0.351 e. The van der Waals surface area contributed by atoms with Gasteiger partial charge >= 0.3 is 11.7 Å². The number of aromatic nitrogens is 3. The van der Waals surface area contributed by atoms with Gasteiger partial charge in [0, 0.05) is 6.54 Å². The maximum Gasteiger partial charge on any atom is 0.360 e. The van der Waals surface area contributed by atoms with E-state index in [9.17, 15) is 19.2 Å². The van der Waals surface area contributed by atoms with E-state index in [2.05, 4.69) is 10.4 Å². The van der Waals surface area contributed by atoms with Gasteiger partial charge in [-0.15, -0.1) is 0 Å². The molecule has 0 saturated heterocycles. The third-order valence-corrected chi connectivity index (χ3v) is 7.91. The van der Waals surface area contributed by atoms with Crippen LogP contribution >= 0.6 is 11.6 Å². The Kier molecular flexibility index (Phi) is 5.19. The molecule has 0 atom stereocenters. The minimum absolute atomic E-state index is 0.0869. The minimum Gasteiger partial charge on any atom is -0.351 e. The molecule has 10 heteroatoms. The Balaban J connectivity index is 1.42. The van der Waals surface area contributed by atoms with Crippen molar-refractivity contribution in [2.75, 3.05) is 6.54 Å². The Morgan fingerprint density at radius 2 is 1.76 bits per heavy atom. The van der Waals surface area contributed by atoms with Crippen LogP contribution in [0.15, 0.2) is 27.8 Å². The van der Waals surface area contributed by atoms with Gasteiger partial charge in [0.15, 0.2) is 0 Å². The van der Waals surface area contributed by atoms with E-state index in [0.717, 1.165) is 22.4 Å². The summed E-state index contributed by atoms with van der Waals surface area (Å²) in [6.07, 6.45) is 7.49. The van der Waals surface area contributed by atoms with Crippen molar-refractivity contribution in [1.82, 2.24) is 19.7 Å². The summed E-state index contributed by atoms with van der Waals surface area (Å²) in [5.41, 5.74) is 3.77. The first-order valence-electron chi connectivity index (χ1n) is 11.3. The fourth-order valence-corrected chi connectivity index (χ4v) is 6.83. The van der Waals surface area contributed by atoms with Crippen molar-refractivity contribution in [1.29, 1.82) is 0 Å². The number of benzene rings is 1. The highest BCUT2D eigenvalue weighted by Crippen LogP contribution is 2.59. The second kappa shape index (κ2) is 7.83. The van der Waals surface area contributed by atoms with E-state index in [4.69, 9.17) is 17.3 Å². The molecule has 174 valence electrons. The SMILES string of the molecule is Cc1nn(-c2ccc(Cl)c(C(=O)NCC34CC5CC(CC(C5)C3)C4)c2)c(=O)n(C(N)=O)c1=O. The van der Waals surface area contributed by atoms with Gasteiger partial charge in [0.05, 0.1) is 16.3 Å². The van der Waals surface area contributed by atoms with Crippen LogP contribution < -0.4 is 22.3 Å². The molecule has 4 saturated carbocycles. The van der Waals surface area contributed by atoms with Crippen LogP contribution in [-0.2, 0) is 0 Å². The summed E-state index contributed by atoms with van der Waals surface area (Å²) in [5.74, 6) is 2.01. The van der Waals surface area contributed by atoms with E-state index in [-0.39, 0.29) is 33.3 Å². The fraction of sp³-hybridized carbons (Fsp3) is 0.522. The summed E-state index contributed by atoms with van der Waals surface area (Å²) in [6, 6.07) is 3.20. The predicted molar refractivity (Wildman–Crippen MR) is 122 cm³/mol. The molecular weight excluding hydrogens is 446 g/mol. The van der Waals surface area contributed by atoms with Gasteiger partial charge in [-0.3, -0.25) is 9.59 Å². The topological polar surface area (TPSA) is 129 Å². The van der Waals surface area contributed by atoms with Gasteiger partial charge in [-0.1, -0.05) is 11.6 Å². The molecule has 6 rings (SSSR count). The highest BCUT2D eigenvalue weighted by Gasteiger charge is 2.50. The van der Waals surface area contributed by atoms with Crippen LogP contribution in [0, 0.1) is 30.1 Å². The maximum absolute atomic E-state index is 13.1. The molecule has 0 unspecified atom stereocenters. The van der Waals surface area contributed by atoms with Gasteiger partial charge in [-0.25, -0.2) is 9.59 Å². The number of hydrogen-bond donors (Lipinski definition) is 2. The summed E-state index contributed by atoms with van der Waals surface area (Å²) in [6.45, 7) is 1.98. The minimum atomic E-state index is -1.20. The lowest BCUT2D eigenvalue weighted by Gasteiger charge is -2.56. The number of primary amides is 1. The highest BCUT2D eigenvalue weighted by atomic mass is 35.5. The Morgan fingerprint density at radius 3 is 2.33 bits per heavy atom. The number of carbonyl (C=O) groups is 2. The molecule has 4 aliphatic carbocycles. The lowest BCUT2D eigenvalue weighted by Crippen LogP contribution is -2.51. The molecule has 0 radical (unpaired) electrons. The zero-order valence-corrected chi connectivity index (χ0v) is 19.1. The third kappa shape index (κ3) is 3.78. The molecule has 3 N–H and O–H groups in total. The van der Waals surface area contributed by atoms with Crippen molar-refractivity contribution in [2.45, 2.75) is 45.4 Å². The molecule has 1 aromatic carbocycles. The molecule has 1 heterocycles. The molecule has 9 nitrogen and oxygen atoms in total. The largest absolute Gasteiger partial charge is 0.360 e. The van der Waals surface area contributed by atoms with Crippen molar-refractivity contribution in [2.24, 2.45) is 28.9 Å². The van der Waals surface area contributed by atoms with Crippen molar-refractivity contribution in [3.8, 4) is 5.69 Å². The van der Waals surface area contributed by atoms with Gasteiger partial charge < -0.3 is 11.1 Å². The van der Waals surface area contributed by atoms with Gasteiger partial charge in [0.2, 0.25) is 0 Å². The van der Waals surface area contributed by atoms with E-state index >= 15 is 0 Å². The standard InChI is InChI=1S/C23H26ClN5O4/c1-12-20(31)28(21(25)32)22(33)29(27-12)16-2-3-18(24)17(7-16)19(30)26-11-23-8-13-4-14(9-23)6-15(5-13)10-23/h2-3,7,13-15H,4-6,8-11H2,1H3,(H2,25,32)(H,26,30). The molecule has 2 aromatic rings. The number of hydrogen-bond acceptors (Lipinski definition) is 5. The number of nitrogens with zero attached hydrogens (tertiary/aromatic N) is 3. The van der Waals surface area contributed by atoms with E-state index in [1.54, 1.807) is 0 Å². The number of halogens is 1. The molecular formula is C23H26ClN5O4. The quantitative estimate of drug-likeness (QED) is 0.706. The van der Waals surface area contributed by atoms with Crippen LogP contribution in [0.1, 0.15) is 54.6 Å². The van der Waals surface area contributed by atoms with Gasteiger partial charge in [-0.05, 0) is 86.8 Å². The first-order valence-corrected chi connectivity index (χ1v) is 11.6. The maximum atomic E-state index is 13.1. The Hall–Kier alpha value is -2.94. The number of aryl methyl sites for hydroxylation is 1. The summed E-state index contributed by atoms with van der Waals surface area (Å²) >= 11 is 6.31. The molecule has 0 spiro atoms. The Bertz CT molecular complexity index is 1250. The van der Waals surface area contributed by atoms with Crippen LogP contribution in [0.25, 0.3) is 5.69 Å². The van der Waals surface area contributed by atoms with Crippen LogP contribution in [0.4, 0.5) is 4.79 Å². The predicted octanol–water partition coefficient (Wildman–Crippen LogP) is 2.23. The second-order valence-corrected chi connectivity index (χ2v) is 10.4. The zero-order valence-electron chi connectivity index (χ0n) is 18.3. The van der Waals surface area contributed by atoms with E-state index in [0.29, 0.717) is 11.1 Å². The molecule has 2 amide bonds. The normalized spacial score (nSPS) is 27.5. The summed E-state index contributed by atoms with van der Waals surface area (Å²) in [7, 11) is 0. The van der Waals surface area contributed by atoms with Gasteiger partial charge in [0.25, 0.3) is 11.5 Å².